The lowest BCUT2D eigenvalue weighted by atomic mass is 10.3. The number of benzene rings is 1. The van der Waals surface area contributed by atoms with Crippen LogP contribution in [0.25, 0.3) is 0 Å². The largest absolute Gasteiger partial charge is 0.454 e. The van der Waals surface area contributed by atoms with Gasteiger partial charge in [0, 0.05) is 51.6 Å². The Morgan fingerprint density at radius 3 is 2.55 bits per heavy atom. The van der Waals surface area contributed by atoms with Crippen LogP contribution in [0.3, 0.4) is 0 Å². The molecule has 0 saturated carbocycles. The van der Waals surface area contributed by atoms with Crippen molar-refractivity contribution in [3.8, 4) is 11.5 Å². The molecule has 31 heavy (non-hydrogen) atoms. The number of pyridine rings is 1. The summed E-state index contributed by atoms with van der Waals surface area (Å²) in [6, 6.07) is 5.49. The number of nitrogens with one attached hydrogen (secondary N) is 1. The van der Waals surface area contributed by atoms with Gasteiger partial charge in [-0.2, -0.15) is 0 Å². The molecule has 1 fully saturated rings. The van der Waals surface area contributed by atoms with E-state index in [2.05, 4.69) is 10.3 Å². The van der Waals surface area contributed by atoms with Gasteiger partial charge in [-0.05, 0) is 12.1 Å². The predicted molar refractivity (Wildman–Crippen MR) is 106 cm³/mol. The number of hydrogen-bond donors (Lipinski definition) is 1. The number of ether oxygens (including phenoxy) is 2. The highest BCUT2D eigenvalue weighted by molar-refractivity contribution is 5.88. The molecular formula is C19H20FN5O6. The zero-order valence-corrected chi connectivity index (χ0v) is 16.6. The first-order valence-electron chi connectivity index (χ1n) is 9.28. The molecule has 0 bridgehead atoms. The van der Waals surface area contributed by atoms with Crippen molar-refractivity contribution in [3.05, 3.63) is 52.5 Å². The van der Waals surface area contributed by atoms with E-state index in [0.717, 1.165) is 18.2 Å². The molecular weight excluding hydrogens is 413 g/mol. The van der Waals surface area contributed by atoms with Crippen molar-refractivity contribution in [2.45, 2.75) is 0 Å². The standard InChI is InChI=1S/C19H20FN5O6/c1-30-12-18(26)23-6-8-24(9-7-23)19(27)22-17-11-14(4-5-21-17)31-16-3-2-13(25(28)29)10-15(16)20/h2-5,10-11H,6-9,12H2,1H3,(H,21,22,27). The van der Waals surface area contributed by atoms with Gasteiger partial charge < -0.3 is 19.3 Å². The minimum Gasteiger partial charge on any atom is -0.454 e. The second-order valence-electron chi connectivity index (χ2n) is 6.58. The monoisotopic (exact) mass is 433 g/mol. The van der Waals surface area contributed by atoms with E-state index in [1.165, 1.54) is 25.4 Å². The van der Waals surface area contributed by atoms with Crippen LogP contribution < -0.4 is 10.1 Å². The van der Waals surface area contributed by atoms with Crippen molar-refractivity contribution in [1.29, 1.82) is 0 Å². The van der Waals surface area contributed by atoms with Gasteiger partial charge in [-0.25, -0.2) is 14.2 Å². The van der Waals surface area contributed by atoms with Crippen LogP contribution in [0.5, 0.6) is 11.5 Å². The van der Waals surface area contributed by atoms with Crippen molar-refractivity contribution in [2.24, 2.45) is 0 Å². The third-order valence-corrected chi connectivity index (χ3v) is 4.51. The molecule has 2 heterocycles. The number of nitro benzene ring substituents is 1. The minimum atomic E-state index is -0.891. The van der Waals surface area contributed by atoms with E-state index < -0.39 is 22.5 Å². The highest BCUT2D eigenvalue weighted by atomic mass is 19.1. The van der Waals surface area contributed by atoms with Gasteiger partial charge in [0.1, 0.15) is 18.2 Å². The number of urea groups is 1. The Bertz CT molecular complexity index is 980. The number of methoxy groups -OCH3 is 1. The summed E-state index contributed by atoms with van der Waals surface area (Å²) >= 11 is 0. The van der Waals surface area contributed by atoms with Gasteiger partial charge in [-0.1, -0.05) is 0 Å². The molecule has 1 saturated heterocycles. The number of hydrogen-bond acceptors (Lipinski definition) is 7. The van der Waals surface area contributed by atoms with E-state index in [1.54, 1.807) is 9.80 Å². The molecule has 1 aromatic heterocycles. The molecule has 3 rings (SSSR count). The first kappa shape index (κ1) is 21.9. The molecule has 1 aliphatic rings. The molecule has 11 nitrogen and oxygen atoms in total. The van der Waals surface area contributed by atoms with Crippen LogP contribution in [-0.4, -0.2) is 71.5 Å². The average molecular weight is 433 g/mol. The third-order valence-electron chi connectivity index (χ3n) is 4.51. The topological polar surface area (TPSA) is 127 Å². The maximum atomic E-state index is 14.0. The number of non-ortho nitro benzene ring substituents is 1. The van der Waals surface area contributed by atoms with Gasteiger partial charge in [0.2, 0.25) is 5.91 Å². The molecule has 164 valence electrons. The molecule has 2 aromatic rings. The fraction of sp³-hybridized carbons (Fsp3) is 0.316. The smallest absolute Gasteiger partial charge is 0.323 e. The number of aromatic nitrogens is 1. The SMILES string of the molecule is COCC(=O)N1CCN(C(=O)Nc2cc(Oc3ccc([N+](=O)[O-])cc3F)ccn2)CC1. The second kappa shape index (κ2) is 9.80. The highest BCUT2D eigenvalue weighted by Gasteiger charge is 2.24. The number of carbonyl (C=O) groups is 2. The molecule has 1 aromatic carbocycles. The normalized spacial score (nSPS) is 13.6. The van der Waals surface area contributed by atoms with E-state index >= 15 is 0 Å². The lowest BCUT2D eigenvalue weighted by Gasteiger charge is -2.34. The summed E-state index contributed by atoms with van der Waals surface area (Å²) in [5.41, 5.74) is -0.392. The van der Waals surface area contributed by atoms with Crippen LogP contribution in [0, 0.1) is 15.9 Å². The lowest BCUT2D eigenvalue weighted by molar-refractivity contribution is -0.385. The van der Waals surface area contributed by atoms with Gasteiger partial charge in [0.25, 0.3) is 5.69 Å². The average Bonchev–Trinajstić information content (AvgIpc) is 2.75. The first-order chi connectivity index (χ1) is 14.9. The Hall–Kier alpha value is -3.80. The minimum absolute atomic E-state index is 0.00172. The Morgan fingerprint density at radius 1 is 1.19 bits per heavy atom. The molecule has 0 radical (unpaired) electrons. The highest BCUT2D eigenvalue weighted by Crippen LogP contribution is 2.28. The second-order valence-corrected chi connectivity index (χ2v) is 6.58. The van der Waals surface area contributed by atoms with Crippen molar-refractivity contribution in [3.63, 3.8) is 0 Å². The molecule has 0 spiro atoms. The Balaban J connectivity index is 1.59. The maximum absolute atomic E-state index is 14.0. The van der Waals surface area contributed by atoms with E-state index in [-0.39, 0.29) is 29.8 Å². The Kier molecular flexibility index (Phi) is 6.92. The number of halogens is 1. The molecule has 1 aliphatic heterocycles. The third kappa shape index (κ3) is 5.63. The fourth-order valence-electron chi connectivity index (χ4n) is 2.92. The summed E-state index contributed by atoms with van der Waals surface area (Å²) in [5.74, 6) is -0.855. The maximum Gasteiger partial charge on any atom is 0.323 e. The van der Waals surface area contributed by atoms with E-state index in [4.69, 9.17) is 9.47 Å². The van der Waals surface area contributed by atoms with Crippen molar-refractivity contribution >= 4 is 23.4 Å². The van der Waals surface area contributed by atoms with Crippen LogP contribution in [0.1, 0.15) is 0 Å². The Labute approximate surface area is 176 Å². The number of amides is 3. The van der Waals surface area contributed by atoms with Gasteiger partial charge in [-0.15, -0.1) is 0 Å². The molecule has 0 atom stereocenters. The van der Waals surface area contributed by atoms with Crippen molar-refractivity contribution < 1.29 is 28.4 Å². The van der Waals surface area contributed by atoms with Gasteiger partial charge >= 0.3 is 6.03 Å². The number of carbonyl (C=O) groups excluding carboxylic acids is 2. The van der Waals surface area contributed by atoms with Crippen LogP contribution in [0.4, 0.5) is 20.7 Å². The Morgan fingerprint density at radius 2 is 1.90 bits per heavy atom. The zero-order chi connectivity index (χ0) is 22.4. The zero-order valence-electron chi connectivity index (χ0n) is 16.6. The van der Waals surface area contributed by atoms with Gasteiger partial charge in [0.05, 0.1) is 11.0 Å². The van der Waals surface area contributed by atoms with Crippen LogP contribution in [0.2, 0.25) is 0 Å². The lowest BCUT2D eigenvalue weighted by Crippen LogP contribution is -2.52. The van der Waals surface area contributed by atoms with E-state index in [1.807, 2.05) is 0 Å². The van der Waals surface area contributed by atoms with Crippen molar-refractivity contribution in [1.82, 2.24) is 14.8 Å². The number of anilines is 1. The molecule has 3 amide bonds. The summed E-state index contributed by atoms with van der Waals surface area (Å²) in [6.07, 6.45) is 1.37. The summed E-state index contributed by atoms with van der Waals surface area (Å²) in [7, 11) is 1.45. The molecule has 12 heteroatoms. The number of rotatable bonds is 6. The summed E-state index contributed by atoms with van der Waals surface area (Å²) in [4.78, 5) is 41.5. The number of nitrogens with zero attached hydrogens (tertiary/aromatic N) is 4. The molecule has 1 N–H and O–H groups in total. The van der Waals surface area contributed by atoms with Crippen LogP contribution >= 0.6 is 0 Å². The van der Waals surface area contributed by atoms with E-state index in [0.29, 0.717) is 26.2 Å². The first-order valence-corrected chi connectivity index (χ1v) is 9.28. The molecule has 0 unspecified atom stereocenters. The number of piperazine rings is 1. The van der Waals surface area contributed by atoms with Gasteiger partial charge in [-0.3, -0.25) is 20.2 Å². The summed E-state index contributed by atoms with van der Waals surface area (Å²) in [5, 5.41) is 13.3. The van der Waals surface area contributed by atoms with Crippen molar-refractivity contribution in [2.75, 3.05) is 45.2 Å². The predicted octanol–water partition coefficient (Wildman–Crippen LogP) is 2.24. The summed E-state index contributed by atoms with van der Waals surface area (Å²) in [6.45, 7) is 1.49. The summed E-state index contributed by atoms with van der Waals surface area (Å²) < 4.78 is 24.3. The van der Waals surface area contributed by atoms with Gasteiger partial charge in [0.15, 0.2) is 11.6 Å². The number of nitro groups is 1. The van der Waals surface area contributed by atoms with E-state index in [9.17, 15) is 24.1 Å². The molecule has 0 aliphatic carbocycles. The quantitative estimate of drug-likeness (QED) is 0.547. The fourth-order valence-corrected chi connectivity index (χ4v) is 2.92. The van der Waals surface area contributed by atoms with Crippen LogP contribution in [0.15, 0.2) is 36.5 Å². The van der Waals surface area contributed by atoms with Crippen LogP contribution in [-0.2, 0) is 9.53 Å².